The Bertz CT molecular complexity index is 1650. The topological polar surface area (TPSA) is 112 Å². The monoisotopic (exact) mass is 574 g/mol. The van der Waals surface area contributed by atoms with E-state index in [1.54, 1.807) is 0 Å². The molecule has 3 heterocycles. The Hall–Kier alpha value is -4.48. The van der Waals surface area contributed by atoms with Crippen molar-refractivity contribution in [3.05, 3.63) is 89.3 Å². The lowest BCUT2D eigenvalue weighted by molar-refractivity contribution is 0.0747. The lowest BCUT2D eigenvalue weighted by Crippen LogP contribution is -2.35. The highest BCUT2D eigenvalue weighted by atomic mass is 16.4. The molecule has 4 aromatic rings. The second-order valence-corrected chi connectivity index (χ2v) is 12.1. The predicted molar refractivity (Wildman–Crippen MR) is 167 cm³/mol. The Kier molecular flexibility index (Phi) is 8.00. The van der Waals surface area contributed by atoms with Crippen LogP contribution in [0.5, 0.6) is 0 Å². The molecular weight excluding hydrogens is 536 g/mol. The Labute approximate surface area is 253 Å². The number of carbonyl (C=O) groups excluding carboxylic acids is 1. The van der Waals surface area contributed by atoms with E-state index < -0.39 is 5.54 Å². The molecule has 6 rings (SSSR count). The lowest BCUT2D eigenvalue weighted by Gasteiger charge is -2.30. The summed E-state index contributed by atoms with van der Waals surface area (Å²) in [5.41, 5.74) is 11.1. The van der Waals surface area contributed by atoms with Gasteiger partial charge in [-0.05, 0) is 87.8 Å². The molecule has 2 N–H and O–H groups in total. The molecule has 2 aliphatic rings. The average Bonchev–Trinajstić information content (AvgIpc) is 3.71. The number of likely N-dealkylation sites (tertiary alicyclic amines) is 1. The Morgan fingerprint density at radius 2 is 1.77 bits per heavy atom. The van der Waals surface area contributed by atoms with Gasteiger partial charge in [0.2, 0.25) is 11.8 Å². The van der Waals surface area contributed by atoms with E-state index in [4.69, 9.17) is 10.2 Å². The molecule has 2 atom stereocenters. The van der Waals surface area contributed by atoms with Crippen LogP contribution < -0.4 is 10.6 Å². The van der Waals surface area contributed by atoms with Crippen LogP contribution in [0.25, 0.3) is 22.6 Å². The summed E-state index contributed by atoms with van der Waals surface area (Å²) < 4.78 is 6.21. The fraction of sp³-hybridized carbons (Fsp3) is 0.371. The molecule has 2 saturated heterocycles. The second-order valence-electron chi connectivity index (χ2n) is 12.1. The first kappa shape index (κ1) is 28.6. The van der Waals surface area contributed by atoms with Gasteiger partial charge in [0, 0.05) is 42.4 Å². The van der Waals surface area contributed by atoms with E-state index in [2.05, 4.69) is 28.1 Å². The second kappa shape index (κ2) is 12.0. The van der Waals surface area contributed by atoms with Gasteiger partial charge in [0.25, 0.3) is 5.91 Å². The van der Waals surface area contributed by atoms with Crippen molar-refractivity contribution in [2.45, 2.75) is 64.0 Å². The van der Waals surface area contributed by atoms with Crippen molar-refractivity contribution in [2.75, 3.05) is 24.5 Å². The highest BCUT2D eigenvalue weighted by molar-refractivity contribution is 5.97. The Balaban J connectivity index is 1.42. The zero-order chi connectivity index (χ0) is 30.0. The van der Waals surface area contributed by atoms with Gasteiger partial charge >= 0.3 is 0 Å². The minimum atomic E-state index is -0.884. The van der Waals surface area contributed by atoms with E-state index in [-0.39, 0.29) is 17.8 Å². The van der Waals surface area contributed by atoms with Gasteiger partial charge in [0.15, 0.2) is 0 Å². The number of anilines is 1. The van der Waals surface area contributed by atoms with Crippen molar-refractivity contribution in [1.29, 1.82) is 5.26 Å². The summed E-state index contributed by atoms with van der Waals surface area (Å²) in [5.74, 6) is 0.574. The fourth-order valence-corrected chi connectivity index (χ4v) is 6.39. The molecule has 8 nitrogen and oxygen atoms in total. The number of piperidine rings is 1. The first-order valence-electron chi connectivity index (χ1n) is 15.3. The normalized spacial score (nSPS) is 18.3. The summed E-state index contributed by atoms with van der Waals surface area (Å²) in [7, 11) is 0. The maximum absolute atomic E-state index is 13.8. The first-order chi connectivity index (χ1) is 20.8. The van der Waals surface area contributed by atoms with Crippen LogP contribution in [0.3, 0.4) is 0 Å². The zero-order valence-corrected chi connectivity index (χ0v) is 24.9. The van der Waals surface area contributed by atoms with Crippen molar-refractivity contribution in [2.24, 2.45) is 5.73 Å². The fourth-order valence-electron chi connectivity index (χ4n) is 6.39. The smallest absolute Gasteiger partial charge is 0.254 e. The third-order valence-corrected chi connectivity index (χ3v) is 8.73. The highest BCUT2D eigenvalue weighted by Gasteiger charge is 2.30. The summed E-state index contributed by atoms with van der Waals surface area (Å²) in [6, 6.07) is 24.2. The van der Waals surface area contributed by atoms with Crippen LogP contribution in [0, 0.1) is 11.3 Å². The summed E-state index contributed by atoms with van der Waals surface area (Å²) in [6.07, 6.45) is 5.93. The summed E-state index contributed by atoms with van der Waals surface area (Å²) in [4.78, 5) is 18.0. The SMILES string of the molecule is CC1CCCN1C(=O)c1cc(-c2nnc([C@](C)(N)Cc3ccccc3)o2)cc(-c2cccc(N3CCCCC3)c2C#N)c1. The molecule has 0 radical (unpaired) electrons. The molecule has 0 saturated carbocycles. The quantitative estimate of drug-likeness (QED) is 0.275. The summed E-state index contributed by atoms with van der Waals surface area (Å²) >= 11 is 0. The van der Waals surface area contributed by atoms with Gasteiger partial charge in [-0.15, -0.1) is 10.2 Å². The zero-order valence-electron chi connectivity index (χ0n) is 24.9. The van der Waals surface area contributed by atoms with E-state index in [0.717, 1.165) is 67.7 Å². The maximum Gasteiger partial charge on any atom is 0.254 e. The van der Waals surface area contributed by atoms with Gasteiger partial charge in [0.05, 0.1) is 16.8 Å². The number of rotatable bonds is 7. The van der Waals surface area contributed by atoms with Crippen LogP contribution in [0.1, 0.15) is 73.3 Å². The highest BCUT2D eigenvalue weighted by Crippen LogP contribution is 2.36. The lowest BCUT2D eigenvalue weighted by atomic mass is 9.93. The maximum atomic E-state index is 13.8. The number of hydrogen-bond donors (Lipinski definition) is 1. The molecule has 8 heteroatoms. The molecule has 3 aromatic carbocycles. The minimum absolute atomic E-state index is 0.0359. The molecule has 0 spiro atoms. The number of benzene rings is 3. The number of aromatic nitrogens is 2. The molecule has 0 aliphatic carbocycles. The molecule has 2 aliphatic heterocycles. The summed E-state index contributed by atoms with van der Waals surface area (Å²) in [6.45, 7) is 6.55. The number of carbonyl (C=O) groups is 1. The van der Waals surface area contributed by atoms with Crippen molar-refractivity contribution >= 4 is 11.6 Å². The Morgan fingerprint density at radius 1 is 1.00 bits per heavy atom. The van der Waals surface area contributed by atoms with E-state index in [1.165, 1.54) is 6.42 Å². The van der Waals surface area contributed by atoms with Gasteiger partial charge in [-0.2, -0.15) is 5.26 Å². The van der Waals surface area contributed by atoms with Crippen LogP contribution in [-0.2, 0) is 12.0 Å². The molecule has 1 unspecified atom stereocenters. The number of hydrogen-bond acceptors (Lipinski definition) is 7. The number of nitrogens with two attached hydrogens (primary N) is 1. The molecule has 2 fully saturated rings. The molecule has 1 amide bonds. The standard InChI is InChI=1S/C35H38N6O2/c1-24-11-10-18-41(24)33(42)28-20-26(29-14-9-15-31(30(29)23-36)40-16-7-4-8-17-40)19-27(21-28)32-38-39-34(43-32)35(2,37)22-25-12-5-3-6-13-25/h3,5-6,9,12-15,19-21,24H,4,7-8,10-11,16-18,22,37H2,1-2H3/t24?,35-/m1/s1. The van der Waals surface area contributed by atoms with Gasteiger partial charge in [-0.1, -0.05) is 42.5 Å². The van der Waals surface area contributed by atoms with Crippen LogP contribution in [0.15, 0.2) is 71.1 Å². The van der Waals surface area contributed by atoms with Gasteiger partial charge in [0.1, 0.15) is 6.07 Å². The van der Waals surface area contributed by atoms with E-state index in [0.29, 0.717) is 29.0 Å². The van der Waals surface area contributed by atoms with Gasteiger partial charge in [-0.25, -0.2) is 0 Å². The molecule has 43 heavy (non-hydrogen) atoms. The third kappa shape index (κ3) is 5.91. The van der Waals surface area contributed by atoms with E-state index in [1.807, 2.05) is 78.6 Å². The van der Waals surface area contributed by atoms with E-state index >= 15 is 0 Å². The van der Waals surface area contributed by atoms with E-state index in [9.17, 15) is 10.1 Å². The van der Waals surface area contributed by atoms with Crippen LogP contribution in [-0.4, -0.2) is 46.7 Å². The van der Waals surface area contributed by atoms with Crippen molar-refractivity contribution in [1.82, 2.24) is 15.1 Å². The minimum Gasteiger partial charge on any atom is -0.419 e. The largest absolute Gasteiger partial charge is 0.419 e. The predicted octanol–water partition coefficient (Wildman–Crippen LogP) is 6.31. The Morgan fingerprint density at radius 3 is 2.49 bits per heavy atom. The molecule has 0 bridgehead atoms. The van der Waals surface area contributed by atoms with Crippen LogP contribution >= 0.6 is 0 Å². The van der Waals surface area contributed by atoms with Gasteiger partial charge in [-0.3, -0.25) is 4.79 Å². The number of amides is 1. The first-order valence-corrected chi connectivity index (χ1v) is 15.3. The van der Waals surface area contributed by atoms with Crippen LogP contribution in [0.2, 0.25) is 0 Å². The van der Waals surface area contributed by atoms with Crippen LogP contribution in [0.4, 0.5) is 5.69 Å². The number of nitrogens with zero attached hydrogens (tertiary/aromatic N) is 5. The molecule has 1 aromatic heterocycles. The summed E-state index contributed by atoms with van der Waals surface area (Å²) in [5, 5.41) is 19.1. The van der Waals surface area contributed by atoms with Crippen molar-refractivity contribution in [3.8, 4) is 28.7 Å². The van der Waals surface area contributed by atoms with Crippen molar-refractivity contribution < 1.29 is 9.21 Å². The molecule has 220 valence electrons. The number of nitriles is 1. The van der Waals surface area contributed by atoms with Crippen molar-refractivity contribution in [3.63, 3.8) is 0 Å². The van der Waals surface area contributed by atoms with Gasteiger partial charge < -0.3 is 20.0 Å². The molecular formula is C35H38N6O2. The average molecular weight is 575 g/mol. The third-order valence-electron chi connectivity index (χ3n) is 8.73.